The summed E-state index contributed by atoms with van der Waals surface area (Å²) >= 11 is 14.8. The van der Waals surface area contributed by atoms with Crippen molar-refractivity contribution in [3.63, 3.8) is 0 Å². The fourth-order valence-corrected chi connectivity index (χ4v) is 0.929. The van der Waals surface area contributed by atoms with E-state index < -0.39 is 0 Å². The third-order valence-electron chi connectivity index (χ3n) is 0.605. The Morgan fingerprint density at radius 3 is 2.00 bits per heavy atom. The van der Waals surface area contributed by atoms with Crippen LogP contribution in [0, 0.1) is 0 Å². The number of rotatable bonds is 2. The lowest BCUT2D eigenvalue weighted by atomic mass is 10.4. The Morgan fingerprint density at radius 1 is 1.44 bits per heavy atom. The predicted octanol–water partition coefficient (Wildman–Crippen LogP) is 3.37. The number of halogens is 4. The molecule has 0 unspecified atom stereocenters. The molecule has 9 heavy (non-hydrogen) atoms. The molecule has 0 heterocycles. The largest absolute Gasteiger partial charge is 0.281 e. The van der Waals surface area contributed by atoms with Crippen LogP contribution in [0.1, 0.15) is 12.8 Å². The number of alkyl halides is 3. The van der Waals surface area contributed by atoms with Crippen molar-refractivity contribution >= 4 is 64.6 Å². The zero-order valence-corrected chi connectivity index (χ0v) is 9.85. The minimum absolute atomic E-state index is 0.322. The van der Waals surface area contributed by atoms with Crippen LogP contribution in [0.5, 0.6) is 0 Å². The second kappa shape index (κ2) is 4.31. The van der Waals surface area contributed by atoms with Gasteiger partial charge in [-0.3, -0.25) is 4.79 Å². The monoisotopic (exact) mass is 340 g/mol. The molecule has 0 atom stereocenters. The summed E-state index contributed by atoms with van der Waals surface area (Å²) in [6.07, 6.45) is 0.971. The lowest BCUT2D eigenvalue weighted by molar-refractivity contribution is -0.111. The molecular formula is C4H4Br3ClO. The molecule has 0 spiro atoms. The number of hydrogen-bond donors (Lipinski definition) is 0. The maximum atomic E-state index is 10.2. The average Bonchev–Trinajstić information content (AvgIpc) is 1.59. The Morgan fingerprint density at radius 2 is 1.89 bits per heavy atom. The SMILES string of the molecule is O=C(Cl)CCC(Br)(Br)Br. The third kappa shape index (κ3) is 9.40. The second-order valence-corrected chi connectivity index (χ2v) is 9.15. The van der Waals surface area contributed by atoms with Gasteiger partial charge in [0.15, 0.2) is 0 Å². The van der Waals surface area contributed by atoms with Gasteiger partial charge in [0.1, 0.15) is 2.14 Å². The number of hydrogen-bond acceptors (Lipinski definition) is 1. The molecule has 0 aliphatic heterocycles. The zero-order valence-electron chi connectivity index (χ0n) is 4.33. The first-order chi connectivity index (χ1) is 3.92. The summed E-state index contributed by atoms with van der Waals surface area (Å²) in [5.74, 6) is 0. The number of carbonyl (C=O) groups is 1. The van der Waals surface area contributed by atoms with Gasteiger partial charge in [-0.1, -0.05) is 47.8 Å². The molecule has 0 saturated heterocycles. The Labute approximate surface area is 83.9 Å². The second-order valence-electron chi connectivity index (χ2n) is 1.47. The van der Waals surface area contributed by atoms with E-state index in [0.29, 0.717) is 12.8 Å². The highest BCUT2D eigenvalue weighted by Crippen LogP contribution is 2.38. The van der Waals surface area contributed by atoms with Crippen LogP contribution in [0.25, 0.3) is 0 Å². The van der Waals surface area contributed by atoms with Crippen LogP contribution in [0.2, 0.25) is 0 Å². The van der Waals surface area contributed by atoms with Crippen molar-refractivity contribution in [2.75, 3.05) is 0 Å². The normalized spacial score (nSPS) is 11.6. The van der Waals surface area contributed by atoms with E-state index in [0.717, 1.165) is 0 Å². The van der Waals surface area contributed by atoms with Gasteiger partial charge >= 0.3 is 0 Å². The molecule has 5 heteroatoms. The minimum Gasteiger partial charge on any atom is -0.281 e. The molecule has 0 rings (SSSR count). The topological polar surface area (TPSA) is 17.1 Å². The fraction of sp³-hybridized carbons (Fsp3) is 0.750. The quantitative estimate of drug-likeness (QED) is 0.555. The van der Waals surface area contributed by atoms with Crippen LogP contribution in [0.15, 0.2) is 0 Å². The fourth-order valence-electron chi connectivity index (χ4n) is 0.240. The van der Waals surface area contributed by atoms with Crippen molar-refractivity contribution in [2.24, 2.45) is 0 Å². The summed E-state index contributed by atoms with van der Waals surface area (Å²) in [6.45, 7) is 0. The molecule has 0 bridgehead atoms. The lowest BCUT2D eigenvalue weighted by Crippen LogP contribution is -2.00. The summed E-state index contributed by atoms with van der Waals surface area (Å²) in [6, 6.07) is 0. The van der Waals surface area contributed by atoms with Crippen LogP contribution in [-0.4, -0.2) is 7.39 Å². The maximum absolute atomic E-state index is 10.2. The molecule has 0 N–H and O–H groups in total. The van der Waals surface area contributed by atoms with Crippen molar-refractivity contribution in [2.45, 2.75) is 15.0 Å². The average molecular weight is 343 g/mol. The highest BCUT2D eigenvalue weighted by Gasteiger charge is 2.17. The molecular weight excluding hydrogens is 339 g/mol. The maximum Gasteiger partial charge on any atom is 0.221 e. The molecule has 0 saturated carbocycles. The summed E-state index contributed by atoms with van der Waals surface area (Å²) in [5, 5.41) is -0.322. The van der Waals surface area contributed by atoms with E-state index in [1.54, 1.807) is 0 Å². The van der Waals surface area contributed by atoms with Gasteiger partial charge in [-0.15, -0.1) is 0 Å². The van der Waals surface area contributed by atoms with E-state index >= 15 is 0 Å². The first kappa shape index (κ1) is 10.4. The summed E-state index contributed by atoms with van der Waals surface area (Å²) in [5.41, 5.74) is 0. The molecule has 0 aromatic rings. The van der Waals surface area contributed by atoms with Gasteiger partial charge in [-0.25, -0.2) is 0 Å². The van der Waals surface area contributed by atoms with Gasteiger partial charge in [0.05, 0.1) is 0 Å². The van der Waals surface area contributed by atoms with Crippen LogP contribution in [0.3, 0.4) is 0 Å². The van der Waals surface area contributed by atoms with E-state index in [9.17, 15) is 4.79 Å². The van der Waals surface area contributed by atoms with Gasteiger partial charge < -0.3 is 0 Å². The Kier molecular flexibility index (Phi) is 4.98. The molecule has 0 aromatic heterocycles. The van der Waals surface area contributed by atoms with Crippen LogP contribution in [0.4, 0.5) is 0 Å². The number of carbonyl (C=O) groups excluding carboxylic acids is 1. The third-order valence-corrected chi connectivity index (χ3v) is 1.98. The van der Waals surface area contributed by atoms with E-state index in [4.69, 9.17) is 11.6 Å². The van der Waals surface area contributed by atoms with Crippen molar-refractivity contribution in [1.82, 2.24) is 0 Å². The van der Waals surface area contributed by atoms with Crippen molar-refractivity contribution in [1.29, 1.82) is 0 Å². The summed E-state index contributed by atoms with van der Waals surface area (Å²) < 4.78 is -0.336. The van der Waals surface area contributed by atoms with Crippen molar-refractivity contribution < 1.29 is 4.79 Å². The summed E-state index contributed by atoms with van der Waals surface area (Å²) in [4.78, 5) is 10.2. The van der Waals surface area contributed by atoms with Crippen molar-refractivity contribution in [3.8, 4) is 0 Å². The molecule has 0 amide bonds. The van der Waals surface area contributed by atoms with Crippen LogP contribution < -0.4 is 0 Å². The highest BCUT2D eigenvalue weighted by molar-refractivity contribution is 9.39. The lowest BCUT2D eigenvalue weighted by Gasteiger charge is -2.08. The summed E-state index contributed by atoms with van der Waals surface area (Å²) in [7, 11) is 0. The molecule has 0 aliphatic carbocycles. The van der Waals surface area contributed by atoms with Crippen LogP contribution in [-0.2, 0) is 4.79 Å². The van der Waals surface area contributed by atoms with E-state index in [-0.39, 0.29) is 7.39 Å². The molecule has 0 fully saturated rings. The Bertz CT molecular complexity index is 109. The van der Waals surface area contributed by atoms with Gasteiger partial charge in [0, 0.05) is 6.42 Å². The van der Waals surface area contributed by atoms with E-state index in [2.05, 4.69) is 47.8 Å². The first-order valence-electron chi connectivity index (χ1n) is 2.17. The first-order valence-corrected chi connectivity index (χ1v) is 4.92. The van der Waals surface area contributed by atoms with E-state index in [1.165, 1.54) is 0 Å². The Hall–Kier alpha value is 1.40. The molecule has 54 valence electrons. The standard InChI is InChI=1S/C4H4Br3ClO/c5-4(6,7)2-1-3(8)9/h1-2H2. The van der Waals surface area contributed by atoms with Gasteiger partial charge in [0.25, 0.3) is 0 Å². The minimum atomic E-state index is -0.336. The van der Waals surface area contributed by atoms with Gasteiger partial charge in [-0.05, 0) is 18.0 Å². The van der Waals surface area contributed by atoms with Crippen molar-refractivity contribution in [3.05, 3.63) is 0 Å². The van der Waals surface area contributed by atoms with Gasteiger partial charge in [0.2, 0.25) is 5.24 Å². The van der Waals surface area contributed by atoms with Crippen LogP contribution >= 0.6 is 59.4 Å². The van der Waals surface area contributed by atoms with E-state index in [1.807, 2.05) is 0 Å². The molecule has 0 aliphatic rings. The molecule has 1 nitrogen and oxygen atoms in total. The zero-order chi connectivity index (χ0) is 7.49. The Balaban J connectivity index is 3.39. The highest BCUT2D eigenvalue weighted by atomic mass is 80.0. The molecule has 0 radical (unpaired) electrons. The predicted molar refractivity (Wildman–Crippen MR) is 49.6 cm³/mol. The smallest absolute Gasteiger partial charge is 0.221 e. The van der Waals surface area contributed by atoms with Gasteiger partial charge in [-0.2, -0.15) is 0 Å². The molecule has 0 aromatic carbocycles.